The van der Waals surface area contributed by atoms with E-state index in [2.05, 4.69) is 0 Å². The summed E-state index contributed by atoms with van der Waals surface area (Å²) in [5.74, 6) is 0.717. The topological polar surface area (TPSA) is 3.24 Å². The molecule has 0 heterocycles. The minimum Gasteiger partial charge on any atom is -0.303 e. The highest BCUT2D eigenvalue weighted by atomic mass is 35.5. The third kappa shape index (κ3) is 2.96. The average molecular weight is 180 g/mol. The molecule has 0 bridgehead atoms. The van der Waals surface area contributed by atoms with Gasteiger partial charge in [0.05, 0.1) is 0 Å². The molecule has 1 nitrogen and oxygen atoms in total. The lowest BCUT2D eigenvalue weighted by molar-refractivity contribution is 0.198. The summed E-state index contributed by atoms with van der Waals surface area (Å²) in [6, 6.07) is 0. The molecule has 0 spiro atoms. The Morgan fingerprint density at radius 3 is 2.64 bits per heavy atom. The minimum atomic E-state index is -0.243. The van der Waals surface area contributed by atoms with Crippen molar-refractivity contribution in [3.8, 4) is 0 Å². The summed E-state index contributed by atoms with van der Waals surface area (Å²) in [7, 11) is 1.96. The van der Waals surface area contributed by atoms with E-state index in [1.807, 2.05) is 11.9 Å². The van der Waals surface area contributed by atoms with Crippen LogP contribution in [-0.4, -0.2) is 37.1 Å². The summed E-state index contributed by atoms with van der Waals surface area (Å²) < 4.78 is 11.8. The Morgan fingerprint density at radius 2 is 2.18 bits per heavy atom. The van der Waals surface area contributed by atoms with Gasteiger partial charge in [-0.15, -0.1) is 11.6 Å². The highest BCUT2D eigenvalue weighted by Gasteiger charge is 2.27. The van der Waals surface area contributed by atoms with E-state index in [4.69, 9.17) is 11.6 Å². The molecule has 0 atom stereocenters. The Hall–Kier alpha value is 0.180. The first-order valence-electron chi connectivity index (χ1n) is 4.11. The standard InChI is InChI=1S/C8H15ClFN/c1-11(3-2-10)6-7-4-8(9)5-7/h7-8H,2-6H2,1H3. The second kappa shape index (κ2) is 4.27. The lowest BCUT2D eigenvalue weighted by Gasteiger charge is -2.33. The van der Waals surface area contributed by atoms with Crippen LogP contribution < -0.4 is 0 Å². The van der Waals surface area contributed by atoms with Crippen LogP contribution in [0.1, 0.15) is 12.8 Å². The van der Waals surface area contributed by atoms with Crippen molar-refractivity contribution >= 4 is 11.6 Å². The average Bonchev–Trinajstić information content (AvgIpc) is 1.85. The Labute approximate surface area is 72.5 Å². The fraction of sp³-hybridized carbons (Fsp3) is 1.00. The highest BCUT2D eigenvalue weighted by molar-refractivity contribution is 6.21. The maximum atomic E-state index is 11.8. The van der Waals surface area contributed by atoms with Crippen LogP contribution in [0.2, 0.25) is 0 Å². The van der Waals surface area contributed by atoms with Gasteiger partial charge < -0.3 is 4.90 Å². The van der Waals surface area contributed by atoms with E-state index in [9.17, 15) is 4.39 Å². The third-order valence-corrected chi connectivity index (χ3v) is 2.57. The van der Waals surface area contributed by atoms with Crippen molar-refractivity contribution in [2.45, 2.75) is 18.2 Å². The SMILES string of the molecule is CN(CCF)CC1CC(Cl)C1. The fourth-order valence-corrected chi connectivity index (χ4v) is 1.98. The summed E-state index contributed by atoms with van der Waals surface area (Å²) in [4.78, 5) is 2.04. The van der Waals surface area contributed by atoms with Gasteiger partial charge in [-0.3, -0.25) is 0 Å². The molecule has 66 valence electrons. The van der Waals surface area contributed by atoms with Crippen molar-refractivity contribution in [1.82, 2.24) is 4.90 Å². The van der Waals surface area contributed by atoms with Crippen molar-refractivity contribution in [2.75, 3.05) is 26.8 Å². The molecule has 0 unspecified atom stereocenters. The van der Waals surface area contributed by atoms with Crippen molar-refractivity contribution in [1.29, 1.82) is 0 Å². The fourth-order valence-electron chi connectivity index (χ4n) is 1.48. The zero-order valence-corrected chi connectivity index (χ0v) is 7.65. The van der Waals surface area contributed by atoms with Crippen LogP contribution >= 0.6 is 11.6 Å². The molecule has 1 aliphatic carbocycles. The van der Waals surface area contributed by atoms with Crippen LogP contribution in [0.15, 0.2) is 0 Å². The molecule has 1 aliphatic rings. The van der Waals surface area contributed by atoms with Crippen molar-refractivity contribution in [3.63, 3.8) is 0 Å². The van der Waals surface area contributed by atoms with Crippen LogP contribution in [-0.2, 0) is 0 Å². The van der Waals surface area contributed by atoms with Crippen LogP contribution in [0.5, 0.6) is 0 Å². The molecule has 0 radical (unpaired) electrons. The van der Waals surface area contributed by atoms with Gasteiger partial charge in [0.15, 0.2) is 0 Å². The van der Waals surface area contributed by atoms with Gasteiger partial charge in [-0.2, -0.15) is 0 Å². The molecule has 0 N–H and O–H groups in total. The lowest BCUT2D eigenvalue weighted by atomic mass is 9.84. The summed E-state index contributed by atoms with van der Waals surface area (Å²) in [6.45, 7) is 1.32. The Kier molecular flexibility index (Phi) is 3.60. The van der Waals surface area contributed by atoms with E-state index in [1.165, 1.54) is 0 Å². The molecule has 0 amide bonds. The summed E-state index contributed by atoms with van der Waals surface area (Å²) >= 11 is 5.81. The zero-order chi connectivity index (χ0) is 8.27. The van der Waals surface area contributed by atoms with Crippen molar-refractivity contribution < 1.29 is 4.39 Å². The molecule has 0 aromatic carbocycles. The first-order valence-corrected chi connectivity index (χ1v) is 4.54. The number of rotatable bonds is 4. The number of hydrogen-bond donors (Lipinski definition) is 0. The Balaban J connectivity index is 2.02. The largest absolute Gasteiger partial charge is 0.303 e. The van der Waals surface area contributed by atoms with Gasteiger partial charge >= 0.3 is 0 Å². The second-order valence-corrected chi connectivity index (χ2v) is 4.00. The predicted octanol–water partition coefficient (Wildman–Crippen LogP) is 1.91. The van der Waals surface area contributed by atoms with E-state index in [-0.39, 0.29) is 6.67 Å². The Morgan fingerprint density at radius 1 is 1.55 bits per heavy atom. The normalized spacial score (nSPS) is 30.5. The highest BCUT2D eigenvalue weighted by Crippen LogP contribution is 2.32. The second-order valence-electron chi connectivity index (χ2n) is 3.39. The molecule has 0 saturated heterocycles. The van der Waals surface area contributed by atoms with Gasteiger partial charge in [-0.1, -0.05) is 0 Å². The van der Waals surface area contributed by atoms with Crippen LogP contribution in [0.4, 0.5) is 4.39 Å². The van der Waals surface area contributed by atoms with Gasteiger partial charge in [-0.05, 0) is 25.8 Å². The number of alkyl halides is 2. The molecule has 11 heavy (non-hydrogen) atoms. The molecule has 1 saturated carbocycles. The quantitative estimate of drug-likeness (QED) is 0.596. The summed E-state index contributed by atoms with van der Waals surface area (Å²) in [5, 5.41) is 0.388. The minimum absolute atomic E-state index is 0.243. The van der Waals surface area contributed by atoms with E-state index >= 15 is 0 Å². The molecule has 1 fully saturated rings. The third-order valence-electron chi connectivity index (χ3n) is 2.21. The molecule has 1 rings (SSSR count). The molecule has 0 aromatic heterocycles. The predicted molar refractivity (Wildman–Crippen MR) is 45.8 cm³/mol. The monoisotopic (exact) mass is 179 g/mol. The Bertz CT molecular complexity index is 112. The first-order chi connectivity index (χ1) is 5.22. The molecule has 0 aliphatic heterocycles. The van der Waals surface area contributed by atoms with Crippen LogP contribution in [0.3, 0.4) is 0 Å². The lowest BCUT2D eigenvalue weighted by Crippen LogP contribution is -2.35. The van der Waals surface area contributed by atoms with Crippen LogP contribution in [0.25, 0.3) is 0 Å². The first kappa shape index (κ1) is 9.27. The zero-order valence-electron chi connectivity index (χ0n) is 6.89. The van der Waals surface area contributed by atoms with Gasteiger partial charge in [-0.25, -0.2) is 4.39 Å². The summed E-state index contributed by atoms with van der Waals surface area (Å²) in [5.41, 5.74) is 0. The van der Waals surface area contributed by atoms with E-state index in [1.54, 1.807) is 0 Å². The van der Waals surface area contributed by atoms with Gasteiger partial charge in [0, 0.05) is 18.5 Å². The van der Waals surface area contributed by atoms with E-state index < -0.39 is 0 Å². The molecular weight excluding hydrogens is 165 g/mol. The maximum absolute atomic E-state index is 11.8. The van der Waals surface area contributed by atoms with Crippen molar-refractivity contribution in [2.24, 2.45) is 5.92 Å². The number of hydrogen-bond acceptors (Lipinski definition) is 1. The van der Waals surface area contributed by atoms with E-state index in [0.29, 0.717) is 17.8 Å². The summed E-state index contributed by atoms with van der Waals surface area (Å²) in [6.07, 6.45) is 2.22. The maximum Gasteiger partial charge on any atom is 0.102 e. The van der Waals surface area contributed by atoms with Gasteiger partial charge in [0.2, 0.25) is 0 Å². The van der Waals surface area contributed by atoms with Crippen molar-refractivity contribution in [3.05, 3.63) is 0 Å². The molecule has 0 aromatic rings. The molecule has 3 heteroatoms. The number of nitrogens with zero attached hydrogens (tertiary/aromatic N) is 1. The van der Waals surface area contributed by atoms with E-state index in [0.717, 1.165) is 19.4 Å². The van der Waals surface area contributed by atoms with Gasteiger partial charge in [0.1, 0.15) is 6.67 Å². The van der Waals surface area contributed by atoms with Gasteiger partial charge in [0.25, 0.3) is 0 Å². The molecular formula is C8H15ClFN. The number of halogens is 2. The smallest absolute Gasteiger partial charge is 0.102 e. The van der Waals surface area contributed by atoms with Crippen LogP contribution in [0, 0.1) is 5.92 Å².